The maximum atomic E-state index is 12.1. The van der Waals surface area contributed by atoms with Crippen molar-refractivity contribution >= 4 is 34.8 Å². The van der Waals surface area contributed by atoms with E-state index in [1.54, 1.807) is 18.2 Å². The molecule has 1 N–H and O–H groups in total. The van der Waals surface area contributed by atoms with Gasteiger partial charge in [-0.1, -0.05) is 66.5 Å². The van der Waals surface area contributed by atoms with Crippen molar-refractivity contribution < 1.29 is 9.32 Å². The van der Waals surface area contributed by atoms with E-state index in [1.165, 1.54) is 5.56 Å². The van der Waals surface area contributed by atoms with E-state index in [2.05, 4.69) is 41.4 Å². The minimum absolute atomic E-state index is 0.191. The summed E-state index contributed by atoms with van der Waals surface area (Å²) in [5, 5.41) is 7.65. The Balaban J connectivity index is 1.59. The van der Waals surface area contributed by atoms with Crippen molar-refractivity contribution in [2.75, 3.05) is 5.32 Å². The van der Waals surface area contributed by atoms with Gasteiger partial charge in [0.05, 0.1) is 10.7 Å². The number of amides is 1. The molecule has 3 aromatic rings. The number of nitrogens with zero attached hydrogens (tertiary/aromatic N) is 2. The van der Waals surface area contributed by atoms with E-state index in [1.807, 2.05) is 12.1 Å². The van der Waals surface area contributed by atoms with Crippen LogP contribution < -0.4 is 5.32 Å². The highest BCUT2D eigenvalue weighted by molar-refractivity contribution is 6.35. The van der Waals surface area contributed by atoms with E-state index in [-0.39, 0.29) is 12.3 Å². The Morgan fingerprint density at radius 2 is 1.89 bits per heavy atom. The van der Waals surface area contributed by atoms with Crippen LogP contribution >= 0.6 is 23.2 Å². The molecule has 1 aromatic heterocycles. The lowest BCUT2D eigenvalue weighted by molar-refractivity contribution is -0.116. The van der Waals surface area contributed by atoms with Crippen LogP contribution in [0, 0.1) is 0 Å². The van der Waals surface area contributed by atoms with Crippen LogP contribution in [0.15, 0.2) is 47.0 Å². The summed E-state index contributed by atoms with van der Waals surface area (Å²) in [6, 6.07) is 12.9. The van der Waals surface area contributed by atoms with Crippen molar-refractivity contribution in [1.82, 2.24) is 10.1 Å². The Bertz CT molecular complexity index is 937. The van der Waals surface area contributed by atoms with Crippen LogP contribution in [-0.2, 0) is 11.2 Å². The summed E-state index contributed by atoms with van der Waals surface area (Å²) in [5.74, 6) is 1.18. The van der Waals surface area contributed by atoms with Gasteiger partial charge in [-0.2, -0.15) is 4.98 Å². The topological polar surface area (TPSA) is 68.0 Å². The summed E-state index contributed by atoms with van der Waals surface area (Å²) in [4.78, 5) is 16.5. The molecule has 0 fully saturated rings. The highest BCUT2D eigenvalue weighted by atomic mass is 35.5. The third-order valence-electron chi connectivity index (χ3n) is 4.07. The number of anilines is 1. The molecule has 1 amide bonds. The second kappa shape index (κ2) is 8.55. The summed E-state index contributed by atoms with van der Waals surface area (Å²) >= 11 is 12.0. The summed E-state index contributed by atoms with van der Waals surface area (Å²) in [5.41, 5.74) is 2.61. The maximum absolute atomic E-state index is 12.1. The van der Waals surface area contributed by atoms with E-state index in [4.69, 9.17) is 27.7 Å². The zero-order chi connectivity index (χ0) is 19.4. The fraction of sp³-hybridized carbons (Fsp3) is 0.250. The van der Waals surface area contributed by atoms with Gasteiger partial charge < -0.3 is 9.84 Å². The maximum Gasteiger partial charge on any atom is 0.227 e. The normalized spacial score (nSPS) is 11.0. The summed E-state index contributed by atoms with van der Waals surface area (Å²) < 4.78 is 5.25. The number of carbonyl (C=O) groups is 1. The summed E-state index contributed by atoms with van der Waals surface area (Å²) in [6.45, 7) is 4.28. The van der Waals surface area contributed by atoms with Crippen LogP contribution in [0.3, 0.4) is 0 Å². The van der Waals surface area contributed by atoms with Gasteiger partial charge >= 0.3 is 0 Å². The fourth-order valence-electron chi connectivity index (χ4n) is 2.52. The number of aromatic nitrogens is 2. The predicted octanol–water partition coefficient (Wildman–Crippen LogP) is 5.74. The number of rotatable bonds is 6. The molecule has 0 atom stereocenters. The van der Waals surface area contributed by atoms with E-state index in [0.717, 1.165) is 5.56 Å². The number of aryl methyl sites for hydroxylation is 1. The largest absolute Gasteiger partial charge is 0.339 e. The van der Waals surface area contributed by atoms with Crippen molar-refractivity contribution in [3.8, 4) is 11.4 Å². The number of nitrogens with one attached hydrogen (secondary N) is 1. The molecule has 1 heterocycles. The Labute approximate surface area is 167 Å². The highest BCUT2D eigenvalue weighted by Gasteiger charge is 2.12. The van der Waals surface area contributed by atoms with Gasteiger partial charge in [0, 0.05) is 23.4 Å². The fourth-order valence-corrected chi connectivity index (χ4v) is 2.85. The molecule has 27 heavy (non-hydrogen) atoms. The molecule has 0 unspecified atom stereocenters. The lowest BCUT2D eigenvalue weighted by atomic mass is 10.0. The van der Waals surface area contributed by atoms with Gasteiger partial charge in [0.1, 0.15) is 0 Å². The number of hydrogen-bond acceptors (Lipinski definition) is 4. The molecule has 2 aromatic carbocycles. The lowest BCUT2D eigenvalue weighted by Gasteiger charge is -2.06. The molecule has 0 aliphatic heterocycles. The molecule has 5 nitrogen and oxygen atoms in total. The molecule has 0 aliphatic rings. The first-order valence-corrected chi connectivity index (χ1v) is 9.36. The van der Waals surface area contributed by atoms with Crippen molar-refractivity contribution in [2.45, 2.75) is 32.6 Å². The number of benzene rings is 2. The third-order valence-corrected chi connectivity index (χ3v) is 4.64. The lowest BCUT2D eigenvalue weighted by Crippen LogP contribution is -2.12. The van der Waals surface area contributed by atoms with Crippen LogP contribution in [0.5, 0.6) is 0 Å². The zero-order valence-electron chi connectivity index (χ0n) is 15.0. The van der Waals surface area contributed by atoms with Crippen LogP contribution in [-0.4, -0.2) is 16.0 Å². The molecule has 0 spiro atoms. The molecule has 0 radical (unpaired) electrons. The van der Waals surface area contributed by atoms with Gasteiger partial charge in [0.2, 0.25) is 17.6 Å². The quantitative estimate of drug-likeness (QED) is 0.569. The van der Waals surface area contributed by atoms with E-state index in [0.29, 0.717) is 39.8 Å². The first kappa shape index (κ1) is 19.4. The average molecular weight is 404 g/mol. The molecular formula is C20H19Cl2N3O2. The molecule has 7 heteroatoms. The molecule has 0 saturated carbocycles. The van der Waals surface area contributed by atoms with Gasteiger partial charge in [0.25, 0.3) is 0 Å². The van der Waals surface area contributed by atoms with E-state index >= 15 is 0 Å². The molecule has 140 valence electrons. The molecule has 0 bridgehead atoms. The molecule has 0 aliphatic carbocycles. The van der Waals surface area contributed by atoms with E-state index in [9.17, 15) is 4.79 Å². The molecule has 0 saturated heterocycles. The SMILES string of the molecule is CC(C)c1ccc(-c2noc(CCC(=O)Nc3cc(Cl)ccc3Cl)n2)cc1. The standard InChI is InChI=1S/C20H19Cl2N3O2/c1-12(2)13-3-5-14(6-4-13)20-24-19(27-25-20)10-9-18(26)23-17-11-15(21)7-8-16(17)22/h3-8,11-12H,9-10H2,1-2H3,(H,23,26). The third kappa shape index (κ3) is 5.08. The molecule has 3 rings (SSSR count). The van der Waals surface area contributed by atoms with Crippen molar-refractivity contribution in [3.05, 3.63) is 64.0 Å². The zero-order valence-corrected chi connectivity index (χ0v) is 16.5. The van der Waals surface area contributed by atoms with Gasteiger partial charge in [-0.3, -0.25) is 4.79 Å². The van der Waals surface area contributed by atoms with Crippen LogP contribution in [0.25, 0.3) is 11.4 Å². The van der Waals surface area contributed by atoms with Crippen molar-refractivity contribution in [2.24, 2.45) is 0 Å². The minimum atomic E-state index is -0.208. The highest BCUT2D eigenvalue weighted by Crippen LogP contribution is 2.25. The average Bonchev–Trinajstić information content (AvgIpc) is 3.12. The van der Waals surface area contributed by atoms with Crippen LogP contribution in [0.4, 0.5) is 5.69 Å². The van der Waals surface area contributed by atoms with Crippen LogP contribution in [0.2, 0.25) is 10.0 Å². The monoisotopic (exact) mass is 403 g/mol. The summed E-state index contributed by atoms with van der Waals surface area (Å²) in [7, 11) is 0. The minimum Gasteiger partial charge on any atom is -0.339 e. The van der Waals surface area contributed by atoms with Crippen molar-refractivity contribution in [3.63, 3.8) is 0 Å². The van der Waals surface area contributed by atoms with Gasteiger partial charge in [-0.05, 0) is 29.7 Å². The Hall–Kier alpha value is -2.37. The first-order valence-electron chi connectivity index (χ1n) is 8.60. The second-order valence-electron chi connectivity index (χ2n) is 6.46. The predicted molar refractivity (Wildman–Crippen MR) is 107 cm³/mol. The van der Waals surface area contributed by atoms with Gasteiger partial charge in [-0.15, -0.1) is 0 Å². The van der Waals surface area contributed by atoms with Crippen LogP contribution in [0.1, 0.15) is 37.6 Å². The smallest absolute Gasteiger partial charge is 0.227 e. The van der Waals surface area contributed by atoms with Gasteiger partial charge in [-0.25, -0.2) is 0 Å². The number of halogens is 2. The Kier molecular flexibility index (Phi) is 6.14. The number of carbonyl (C=O) groups excluding carboxylic acids is 1. The molecular weight excluding hydrogens is 385 g/mol. The Morgan fingerprint density at radius 3 is 2.59 bits per heavy atom. The van der Waals surface area contributed by atoms with E-state index < -0.39 is 0 Å². The van der Waals surface area contributed by atoms with Crippen molar-refractivity contribution in [1.29, 1.82) is 0 Å². The Morgan fingerprint density at radius 1 is 1.15 bits per heavy atom. The van der Waals surface area contributed by atoms with Gasteiger partial charge in [0.15, 0.2) is 0 Å². The second-order valence-corrected chi connectivity index (χ2v) is 7.30. The first-order chi connectivity index (χ1) is 12.9. The summed E-state index contributed by atoms with van der Waals surface area (Å²) in [6.07, 6.45) is 0.526. The number of hydrogen-bond donors (Lipinski definition) is 1.